The largest absolute Gasteiger partial charge is 0.455 e. The lowest BCUT2D eigenvalue weighted by Gasteiger charge is -2.12. The fourth-order valence-electron chi connectivity index (χ4n) is 2.96. The molecule has 0 spiro atoms. The third-order valence-electron chi connectivity index (χ3n) is 4.78. The molecule has 0 saturated heterocycles. The van der Waals surface area contributed by atoms with Crippen LogP contribution in [0.25, 0.3) is 5.78 Å². The number of carbonyl (C=O) groups excluding carboxylic acids is 3. The zero-order valence-electron chi connectivity index (χ0n) is 17.1. The molecule has 3 aromatic rings. The number of hydrogen-bond acceptors (Lipinski definition) is 7. The van der Waals surface area contributed by atoms with Crippen LogP contribution >= 0.6 is 0 Å². The van der Waals surface area contributed by atoms with Crippen molar-refractivity contribution in [1.29, 1.82) is 0 Å². The monoisotopic (exact) mass is 410 g/mol. The van der Waals surface area contributed by atoms with Gasteiger partial charge in [-0.05, 0) is 44.9 Å². The molecule has 156 valence electrons. The van der Waals surface area contributed by atoms with Crippen LogP contribution in [0.5, 0.6) is 0 Å². The number of carbonyl (C=O) groups is 3. The molecular weight excluding hydrogens is 388 g/mol. The summed E-state index contributed by atoms with van der Waals surface area (Å²) in [4.78, 5) is 44.4. The summed E-state index contributed by atoms with van der Waals surface area (Å²) in [5, 5.41) is 8.80. The number of aromatic nitrogens is 4. The van der Waals surface area contributed by atoms with Gasteiger partial charge in [0.2, 0.25) is 0 Å². The minimum Gasteiger partial charge on any atom is -0.455 e. The first kappa shape index (κ1) is 20.9. The summed E-state index contributed by atoms with van der Waals surface area (Å²) in [7, 11) is 0. The SMILES string of the molecule is Cc1cccc(NC(=O)NC(=O)COC(=O)Cc2c(C)nc3ncnn3c2C)c1C. The number of imide groups is 1. The molecule has 0 atom stereocenters. The summed E-state index contributed by atoms with van der Waals surface area (Å²) in [6.45, 7) is 6.76. The van der Waals surface area contributed by atoms with E-state index >= 15 is 0 Å². The number of benzene rings is 1. The first-order chi connectivity index (χ1) is 14.3. The fraction of sp³-hybridized carbons (Fsp3) is 0.300. The second kappa shape index (κ2) is 8.68. The summed E-state index contributed by atoms with van der Waals surface area (Å²) < 4.78 is 6.53. The van der Waals surface area contributed by atoms with E-state index < -0.39 is 24.5 Å². The topological polar surface area (TPSA) is 128 Å². The molecule has 0 fully saturated rings. The maximum absolute atomic E-state index is 12.2. The van der Waals surface area contributed by atoms with E-state index in [1.807, 2.05) is 19.9 Å². The Hall–Kier alpha value is -3.82. The number of nitrogens with zero attached hydrogens (tertiary/aromatic N) is 4. The molecule has 0 aliphatic heterocycles. The van der Waals surface area contributed by atoms with Gasteiger partial charge in [-0.2, -0.15) is 10.1 Å². The standard InChI is InChI=1S/C20H22N6O4/c1-11-6-5-7-16(12(11)2)24-20(29)25-17(27)9-30-18(28)8-15-13(3)23-19-21-10-22-26(19)14(15)4/h5-7,10H,8-9H2,1-4H3,(H2,24,25,27,29). The molecule has 0 saturated carbocycles. The van der Waals surface area contributed by atoms with Crippen LogP contribution in [0.4, 0.5) is 10.5 Å². The van der Waals surface area contributed by atoms with Gasteiger partial charge in [0.25, 0.3) is 11.7 Å². The zero-order valence-corrected chi connectivity index (χ0v) is 17.1. The van der Waals surface area contributed by atoms with E-state index in [2.05, 4.69) is 25.7 Å². The van der Waals surface area contributed by atoms with Crippen molar-refractivity contribution in [2.45, 2.75) is 34.1 Å². The second-order valence-corrected chi connectivity index (χ2v) is 6.82. The van der Waals surface area contributed by atoms with E-state index in [0.717, 1.165) is 11.1 Å². The number of urea groups is 1. The van der Waals surface area contributed by atoms with Gasteiger partial charge in [-0.15, -0.1) is 0 Å². The minimum atomic E-state index is -0.732. The molecule has 30 heavy (non-hydrogen) atoms. The lowest BCUT2D eigenvalue weighted by atomic mass is 10.1. The van der Waals surface area contributed by atoms with E-state index in [1.165, 1.54) is 10.8 Å². The smallest absolute Gasteiger partial charge is 0.325 e. The molecule has 10 nitrogen and oxygen atoms in total. The van der Waals surface area contributed by atoms with Crippen LogP contribution in [0.15, 0.2) is 24.5 Å². The number of anilines is 1. The molecule has 2 aromatic heterocycles. The molecule has 0 bridgehead atoms. The molecule has 10 heteroatoms. The van der Waals surface area contributed by atoms with Gasteiger partial charge in [0.15, 0.2) is 6.61 Å². The first-order valence-electron chi connectivity index (χ1n) is 9.24. The molecule has 3 amide bonds. The van der Waals surface area contributed by atoms with Gasteiger partial charge in [-0.25, -0.2) is 14.3 Å². The molecule has 1 aromatic carbocycles. The maximum Gasteiger partial charge on any atom is 0.325 e. The van der Waals surface area contributed by atoms with Gasteiger partial charge in [0.1, 0.15) is 6.33 Å². The van der Waals surface area contributed by atoms with Crippen molar-refractivity contribution in [2.24, 2.45) is 0 Å². The lowest BCUT2D eigenvalue weighted by molar-refractivity contribution is -0.147. The van der Waals surface area contributed by atoms with E-state index in [4.69, 9.17) is 4.74 Å². The number of aryl methyl sites for hydroxylation is 3. The number of amides is 3. The molecule has 0 aliphatic carbocycles. The van der Waals surface area contributed by atoms with Crippen molar-refractivity contribution in [3.63, 3.8) is 0 Å². The summed E-state index contributed by atoms with van der Waals surface area (Å²) in [6, 6.07) is 4.76. The molecule has 3 rings (SSSR count). The number of rotatable bonds is 5. The van der Waals surface area contributed by atoms with Crippen LogP contribution in [0.1, 0.15) is 28.1 Å². The number of fused-ring (bicyclic) bond motifs is 1. The third kappa shape index (κ3) is 4.59. The number of ether oxygens (including phenoxy) is 1. The third-order valence-corrected chi connectivity index (χ3v) is 4.78. The Morgan fingerprint density at radius 2 is 1.90 bits per heavy atom. The summed E-state index contributed by atoms with van der Waals surface area (Å²) in [6.07, 6.45) is 1.30. The Labute approximate surface area is 172 Å². The predicted octanol–water partition coefficient (Wildman–Crippen LogP) is 1.79. The molecule has 0 radical (unpaired) electrons. The van der Waals surface area contributed by atoms with Crippen molar-refractivity contribution in [3.8, 4) is 0 Å². The maximum atomic E-state index is 12.2. The van der Waals surface area contributed by atoms with Gasteiger partial charge in [-0.3, -0.25) is 14.9 Å². The van der Waals surface area contributed by atoms with Gasteiger partial charge in [-0.1, -0.05) is 12.1 Å². The van der Waals surface area contributed by atoms with Gasteiger partial charge in [0, 0.05) is 22.6 Å². The lowest BCUT2D eigenvalue weighted by Crippen LogP contribution is -2.37. The predicted molar refractivity (Wildman–Crippen MR) is 108 cm³/mol. The first-order valence-corrected chi connectivity index (χ1v) is 9.24. The minimum absolute atomic E-state index is 0.0809. The van der Waals surface area contributed by atoms with Gasteiger partial charge in [0.05, 0.1) is 6.42 Å². The Morgan fingerprint density at radius 1 is 1.13 bits per heavy atom. The Bertz CT molecular complexity index is 1140. The molecule has 2 N–H and O–H groups in total. The van der Waals surface area contributed by atoms with Crippen LogP contribution < -0.4 is 10.6 Å². The quantitative estimate of drug-likeness (QED) is 0.614. The van der Waals surface area contributed by atoms with Crippen LogP contribution in [-0.4, -0.2) is 44.1 Å². The van der Waals surface area contributed by atoms with Crippen LogP contribution in [0.2, 0.25) is 0 Å². The van der Waals surface area contributed by atoms with Crippen molar-refractivity contribution in [1.82, 2.24) is 24.9 Å². The van der Waals surface area contributed by atoms with E-state index in [9.17, 15) is 14.4 Å². The highest BCUT2D eigenvalue weighted by molar-refractivity contribution is 6.02. The molecule has 0 unspecified atom stereocenters. The highest BCUT2D eigenvalue weighted by atomic mass is 16.5. The van der Waals surface area contributed by atoms with Crippen LogP contribution in [0.3, 0.4) is 0 Å². The van der Waals surface area contributed by atoms with Crippen LogP contribution in [-0.2, 0) is 20.7 Å². The Morgan fingerprint density at radius 3 is 2.67 bits per heavy atom. The average molecular weight is 410 g/mol. The van der Waals surface area contributed by atoms with Gasteiger partial charge >= 0.3 is 12.0 Å². The number of nitrogens with one attached hydrogen (secondary N) is 2. The van der Waals surface area contributed by atoms with Crippen molar-refractivity contribution in [2.75, 3.05) is 11.9 Å². The average Bonchev–Trinajstić information content (AvgIpc) is 3.15. The van der Waals surface area contributed by atoms with Crippen molar-refractivity contribution >= 4 is 29.4 Å². The normalized spacial score (nSPS) is 10.7. The van der Waals surface area contributed by atoms with Crippen LogP contribution in [0, 0.1) is 27.7 Å². The number of esters is 1. The Kier molecular flexibility index (Phi) is 6.05. The fourth-order valence-corrected chi connectivity index (χ4v) is 2.96. The highest BCUT2D eigenvalue weighted by Crippen LogP contribution is 2.17. The van der Waals surface area contributed by atoms with Crippen molar-refractivity contribution in [3.05, 3.63) is 52.6 Å². The summed E-state index contributed by atoms with van der Waals surface area (Å²) in [5.74, 6) is -0.909. The molecule has 2 heterocycles. The van der Waals surface area contributed by atoms with Crippen molar-refractivity contribution < 1.29 is 19.1 Å². The Balaban J connectivity index is 1.53. The van der Waals surface area contributed by atoms with E-state index in [0.29, 0.717) is 28.4 Å². The molecular formula is C20H22N6O4. The highest BCUT2D eigenvalue weighted by Gasteiger charge is 2.17. The zero-order chi connectivity index (χ0) is 21.8. The summed E-state index contributed by atoms with van der Waals surface area (Å²) >= 11 is 0. The number of hydrogen-bond donors (Lipinski definition) is 2. The van der Waals surface area contributed by atoms with Gasteiger partial charge < -0.3 is 10.1 Å². The molecule has 0 aliphatic rings. The van der Waals surface area contributed by atoms with E-state index in [-0.39, 0.29) is 6.42 Å². The summed E-state index contributed by atoms with van der Waals surface area (Å²) in [5.41, 5.74) is 4.49. The second-order valence-electron chi connectivity index (χ2n) is 6.82. The van der Waals surface area contributed by atoms with E-state index in [1.54, 1.807) is 26.0 Å².